The number of carbonyl (C=O) groups excluding carboxylic acids is 1. The number of hydrogen-bond acceptors (Lipinski definition) is 4. The van der Waals surface area contributed by atoms with Gasteiger partial charge in [-0.15, -0.1) is 0 Å². The number of hydrogen-bond donors (Lipinski definition) is 0. The zero-order valence-corrected chi connectivity index (χ0v) is 14.7. The van der Waals surface area contributed by atoms with E-state index >= 15 is 0 Å². The standard InChI is InChI=1S/C19H27FN2O3/c20-17-6-4-16(5-7-17)13-21-8-2-9-22(11-10-21)19(23)15-24-14-18-3-1-12-25-18/h4-7,18H,1-3,8-15H2/t18-/m1/s1. The molecule has 0 bridgehead atoms. The van der Waals surface area contributed by atoms with Crippen LogP contribution in [0, 0.1) is 5.82 Å². The van der Waals surface area contributed by atoms with Crippen LogP contribution in [0.15, 0.2) is 24.3 Å². The molecule has 5 nitrogen and oxygen atoms in total. The van der Waals surface area contributed by atoms with Crippen molar-refractivity contribution in [3.63, 3.8) is 0 Å². The fraction of sp³-hybridized carbons (Fsp3) is 0.632. The zero-order chi connectivity index (χ0) is 17.5. The SMILES string of the molecule is O=C(COC[C@H]1CCCO1)N1CCCN(Cc2ccc(F)cc2)CC1. The number of benzene rings is 1. The van der Waals surface area contributed by atoms with Crippen molar-refractivity contribution in [1.82, 2.24) is 9.80 Å². The fourth-order valence-corrected chi connectivity index (χ4v) is 3.37. The van der Waals surface area contributed by atoms with Crippen molar-refractivity contribution in [3.05, 3.63) is 35.6 Å². The molecule has 1 amide bonds. The number of nitrogens with zero attached hydrogens (tertiary/aromatic N) is 2. The predicted octanol–water partition coefficient (Wildman–Crippen LogP) is 2.06. The highest BCUT2D eigenvalue weighted by atomic mass is 19.1. The Labute approximate surface area is 148 Å². The van der Waals surface area contributed by atoms with Gasteiger partial charge in [-0.25, -0.2) is 4.39 Å². The van der Waals surface area contributed by atoms with Crippen molar-refractivity contribution in [3.8, 4) is 0 Å². The van der Waals surface area contributed by atoms with E-state index in [1.165, 1.54) is 12.1 Å². The van der Waals surface area contributed by atoms with E-state index in [0.717, 1.165) is 57.6 Å². The summed E-state index contributed by atoms with van der Waals surface area (Å²) in [5, 5.41) is 0. The van der Waals surface area contributed by atoms with Crippen LogP contribution in [0.3, 0.4) is 0 Å². The lowest BCUT2D eigenvalue weighted by Crippen LogP contribution is -2.37. The van der Waals surface area contributed by atoms with Crippen molar-refractivity contribution in [2.45, 2.75) is 31.9 Å². The van der Waals surface area contributed by atoms with Crippen LogP contribution >= 0.6 is 0 Å². The van der Waals surface area contributed by atoms with Crippen LogP contribution in [-0.4, -0.2) is 67.8 Å². The van der Waals surface area contributed by atoms with Crippen LogP contribution in [0.25, 0.3) is 0 Å². The van der Waals surface area contributed by atoms with Gasteiger partial charge in [0.2, 0.25) is 5.91 Å². The van der Waals surface area contributed by atoms with Gasteiger partial charge in [-0.2, -0.15) is 0 Å². The number of ether oxygens (including phenoxy) is 2. The lowest BCUT2D eigenvalue weighted by Gasteiger charge is -2.22. The fourth-order valence-electron chi connectivity index (χ4n) is 3.37. The first-order valence-electron chi connectivity index (χ1n) is 9.14. The van der Waals surface area contributed by atoms with Crippen LogP contribution in [0.4, 0.5) is 4.39 Å². The van der Waals surface area contributed by atoms with Crippen molar-refractivity contribution >= 4 is 5.91 Å². The summed E-state index contributed by atoms with van der Waals surface area (Å²) >= 11 is 0. The summed E-state index contributed by atoms with van der Waals surface area (Å²) in [6.45, 7) is 5.49. The molecular weight excluding hydrogens is 323 g/mol. The summed E-state index contributed by atoms with van der Waals surface area (Å²) in [6.07, 6.45) is 3.20. The molecule has 0 aromatic heterocycles. The zero-order valence-electron chi connectivity index (χ0n) is 14.7. The molecule has 1 aromatic rings. The van der Waals surface area contributed by atoms with E-state index in [-0.39, 0.29) is 24.4 Å². The summed E-state index contributed by atoms with van der Waals surface area (Å²) in [4.78, 5) is 16.5. The third-order valence-electron chi connectivity index (χ3n) is 4.81. The van der Waals surface area contributed by atoms with Crippen LogP contribution in [0.5, 0.6) is 0 Å². The van der Waals surface area contributed by atoms with Gasteiger partial charge in [-0.3, -0.25) is 9.69 Å². The largest absolute Gasteiger partial charge is 0.376 e. The molecule has 0 spiro atoms. The van der Waals surface area contributed by atoms with E-state index in [0.29, 0.717) is 13.2 Å². The maximum atomic E-state index is 13.0. The molecule has 1 atom stereocenters. The summed E-state index contributed by atoms with van der Waals surface area (Å²) < 4.78 is 24.0. The summed E-state index contributed by atoms with van der Waals surface area (Å²) in [5.74, 6) is -0.152. The van der Waals surface area contributed by atoms with E-state index < -0.39 is 0 Å². The van der Waals surface area contributed by atoms with E-state index in [9.17, 15) is 9.18 Å². The molecule has 0 aliphatic carbocycles. The lowest BCUT2D eigenvalue weighted by molar-refractivity contribution is -0.137. The van der Waals surface area contributed by atoms with Gasteiger partial charge in [0.15, 0.2) is 0 Å². The normalized spacial score (nSPS) is 22.1. The van der Waals surface area contributed by atoms with E-state index in [1.54, 1.807) is 0 Å². The summed E-state index contributed by atoms with van der Waals surface area (Å²) in [7, 11) is 0. The summed E-state index contributed by atoms with van der Waals surface area (Å²) in [5.41, 5.74) is 1.10. The minimum Gasteiger partial charge on any atom is -0.376 e. The molecule has 6 heteroatoms. The number of halogens is 1. The molecule has 2 fully saturated rings. The van der Waals surface area contributed by atoms with Gasteiger partial charge < -0.3 is 14.4 Å². The first-order chi connectivity index (χ1) is 12.2. The number of amides is 1. The van der Waals surface area contributed by atoms with Crippen molar-refractivity contribution < 1.29 is 18.7 Å². The Morgan fingerprint density at radius 2 is 2.00 bits per heavy atom. The lowest BCUT2D eigenvalue weighted by atomic mass is 10.2. The minimum absolute atomic E-state index is 0.0571. The first-order valence-corrected chi connectivity index (χ1v) is 9.14. The van der Waals surface area contributed by atoms with E-state index in [2.05, 4.69) is 4.90 Å². The minimum atomic E-state index is -0.209. The topological polar surface area (TPSA) is 42.0 Å². The maximum absolute atomic E-state index is 13.0. The third kappa shape index (κ3) is 5.76. The Morgan fingerprint density at radius 1 is 1.16 bits per heavy atom. The van der Waals surface area contributed by atoms with Gasteiger partial charge in [0, 0.05) is 39.3 Å². The van der Waals surface area contributed by atoms with Gasteiger partial charge in [-0.1, -0.05) is 12.1 Å². The van der Waals surface area contributed by atoms with Gasteiger partial charge in [0.05, 0.1) is 12.7 Å². The molecule has 2 heterocycles. The second-order valence-electron chi connectivity index (χ2n) is 6.79. The molecule has 2 aliphatic rings. The van der Waals surface area contributed by atoms with Crippen molar-refractivity contribution in [2.24, 2.45) is 0 Å². The average Bonchev–Trinajstić information content (AvgIpc) is 3.02. The van der Waals surface area contributed by atoms with Gasteiger partial charge in [-0.05, 0) is 37.0 Å². The van der Waals surface area contributed by atoms with Crippen LogP contribution in [-0.2, 0) is 20.8 Å². The van der Waals surface area contributed by atoms with Crippen LogP contribution < -0.4 is 0 Å². The molecule has 25 heavy (non-hydrogen) atoms. The van der Waals surface area contributed by atoms with Crippen LogP contribution in [0.1, 0.15) is 24.8 Å². The van der Waals surface area contributed by atoms with Gasteiger partial charge >= 0.3 is 0 Å². The Morgan fingerprint density at radius 3 is 2.76 bits per heavy atom. The highest BCUT2D eigenvalue weighted by Gasteiger charge is 2.21. The van der Waals surface area contributed by atoms with E-state index in [1.807, 2.05) is 17.0 Å². The van der Waals surface area contributed by atoms with Crippen molar-refractivity contribution in [2.75, 3.05) is 46.0 Å². The van der Waals surface area contributed by atoms with Crippen LogP contribution in [0.2, 0.25) is 0 Å². The molecule has 2 aliphatic heterocycles. The molecule has 3 rings (SSSR count). The molecular formula is C19H27FN2O3. The monoisotopic (exact) mass is 350 g/mol. The second kappa shape index (κ2) is 9.27. The molecule has 0 saturated carbocycles. The molecule has 138 valence electrons. The molecule has 2 saturated heterocycles. The molecule has 0 unspecified atom stereocenters. The Kier molecular flexibility index (Phi) is 6.78. The molecule has 0 N–H and O–H groups in total. The van der Waals surface area contributed by atoms with E-state index in [4.69, 9.17) is 9.47 Å². The Hall–Kier alpha value is -1.50. The third-order valence-corrected chi connectivity index (χ3v) is 4.81. The van der Waals surface area contributed by atoms with Crippen molar-refractivity contribution in [1.29, 1.82) is 0 Å². The highest BCUT2D eigenvalue weighted by molar-refractivity contribution is 5.77. The maximum Gasteiger partial charge on any atom is 0.248 e. The van der Waals surface area contributed by atoms with Gasteiger partial charge in [0.25, 0.3) is 0 Å². The highest BCUT2D eigenvalue weighted by Crippen LogP contribution is 2.13. The number of carbonyl (C=O) groups is 1. The summed E-state index contributed by atoms with van der Waals surface area (Å²) in [6, 6.07) is 6.63. The first kappa shape index (κ1) is 18.3. The quantitative estimate of drug-likeness (QED) is 0.788. The second-order valence-corrected chi connectivity index (χ2v) is 6.79. The Bertz CT molecular complexity index is 546. The Balaban J connectivity index is 1.39. The smallest absolute Gasteiger partial charge is 0.248 e. The number of rotatable bonds is 6. The predicted molar refractivity (Wildman–Crippen MR) is 92.7 cm³/mol. The average molecular weight is 350 g/mol. The molecule has 1 aromatic carbocycles. The molecule has 0 radical (unpaired) electrons. The van der Waals surface area contributed by atoms with Gasteiger partial charge in [0.1, 0.15) is 12.4 Å².